The summed E-state index contributed by atoms with van der Waals surface area (Å²) in [6.07, 6.45) is 0.981. The van der Waals surface area contributed by atoms with Crippen LogP contribution in [0.5, 0.6) is 0 Å². The van der Waals surface area contributed by atoms with Gasteiger partial charge in [-0.1, -0.05) is 48.9 Å². The smallest absolute Gasteiger partial charge is 0.0406 e. The molecule has 0 aliphatic rings. The lowest BCUT2D eigenvalue weighted by molar-refractivity contribution is 0.547. The van der Waals surface area contributed by atoms with Crippen LogP contribution in [0.3, 0.4) is 0 Å². The molecule has 20 heavy (non-hydrogen) atoms. The van der Waals surface area contributed by atoms with Gasteiger partial charge in [-0.2, -0.15) is 0 Å². The molecule has 0 amide bonds. The average molecular weight is 288 g/mol. The largest absolute Gasteiger partial charge is 0.310 e. The summed E-state index contributed by atoms with van der Waals surface area (Å²) in [4.78, 5) is 0. The lowest BCUT2D eigenvalue weighted by Gasteiger charge is -2.21. The molecule has 2 rings (SSSR count). The maximum Gasteiger partial charge on any atom is 0.0406 e. The zero-order chi connectivity index (χ0) is 14.5. The van der Waals surface area contributed by atoms with Crippen molar-refractivity contribution in [1.29, 1.82) is 0 Å². The Balaban J connectivity index is 2.26. The third kappa shape index (κ3) is 3.62. The topological polar surface area (TPSA) is 12.0 Å². The van der Waals surface area contributed by atoms with Crippen molar-refractivity contribution in [2.24, 2.45) is 0 Å². The first-order valence-corrected chi connectivity index (χ1v) is 7.53. The maximum absolute atomic E-state index is 5.96. The van der Waals surface area contributed by atoms with E-state index >= 15 is 0 Å². The second-order valence-electron chi connectivity index (χ2n) is 5.23. The number of hydrogen-bond acceptors (Lipinski definition) is 1. The Kier molecular flexibility index (Phi) is 5.22. The van der Waals surface area contributed by atoms with Crippen LogP contribution in [0.4, 0.5) is 0 Å². The molecule has 0 fully saturated rings. The number of benzene rings is 2. The molecule has 0 aliphatic heterocycles. The summed E-state index contributed by atoms with van der Waals surface area (Å²) in [6.45, 7) is 7.49. The van der Waals surface area contributed by atoms with Gasteiger partial charge in [0.15, 0.2) is 0 Å². The number of hydrogen-bond donors (Lipinski definition) is 1. The Morgan fingerprint density at radius 2 is 1.75 bits per heavy atom. The minimum atomic E-state index is 0.348. The van der Waals surface area contributed by atoms with E-state index in [0.717, 1.165) is 18.0 Å². The molecular weight excluding hydrogens is 266 g/mol. The van der Waals surface area contributed by atoms with Gasteiger partial charge in [0.25, 0.3) is 0 Å². The molecule has 0 saturated heterocycles. The lowest BCUT2D eigenvalue weighted by Crippen LogP contribution is -2.24. The van der Waals surface area contributed by atoms with Crippen LogP contribution >= 0.6 is 11.6 Å². The van der Waals surface area contributed by atoms with Crippen LogP contribution in [0.1, 0.15) is 35.2 Å². The van der Waals surface area contributed by atoms with Gasteiger partial charge in [-0.25, -0.2) is 0 Å². The van der Waals surface area contributed by atoms with E-state index in [4.69, 9.17) is 11.6 Å². The molecule has 0 bridgehead atoms. The first-order chi connectivity index (χ1) is 9.61. The molecule has 2 aromatic carbocycles. The summed E-state index contributed by atoms with van der Waals surface area (Å²) in [5.74, 6) is 0. The molecule has 0 aromatic heterocycles. The van der Waals surface area contributed by atoms with E-state index < -0.39 is 0 Å². The molecule has 2 aromatic rings. The third-order valence-corrected chi connectivity index (χ3v) is 4.08. The fraction of sp³-hybridized carbons (Fsp3) is 0.333. The summed E-state index contributed by atoms with van der Waals surface area (Å²) < 4.78 is 0. The quantitative estimate of drug-likeness (QED) is 0.829. The third-order valence-electron chi connectivity index (χ3n) is 3.83. The Bertz CT molecular complexity index is 560. The Morgan fingerprint density at radius 1 is 1.05 bits per heavy atom. The first kappa shape index (κ1) is 15.1. The van der Waals surface area contributed by atoms with E-state index in [2.05, 4.69) is 56.4 Å². The number of halogens is 1. The highest BCUT2D eigenvalue weighted by atomic mass is 35.5. The van der Waals surface area contributed by atoms with Gasteiger partial charge in [0.2, 0.25) is 0 Å². The second-order valence-corrected chi connectivity index (χ2v) is 5.67. The van der Waals surface area contributed by atoms with Crippen LogP contribution in [-0.4, -0.2) is 6.54 Å². The van der Waals surface area contributed by atoms with Crippen molar-refractivity contribution in [2.45, 2.75) is 33.2 Å². The molecule has 0 spiro atoms. The molecule has 1 unspecified atom stereocenters. The molecule has 0 saturated carbocycles. The summed E-state index contributed by atoms with van der Waals surface area (Å²) >= 11 is 5.96. The van der Waals surface area contributed by atoms with Gasteiger partial charge in [0.05, 0.1) is 0 Å². The van der Waals surface area contributed by atoms with Gasteiger partial charge in [0, 0.05) is 11.1 Å². The Labute approximate surface area is 127 Å². The van der Waals surface area contributed by atoms with Crippen LogP contribution in [0, 0.1) is 13.8 Å². The van der Waals surface area contributed by atoms with Crippen LogP contribution in [0.25, 0.3) is 0 Å². The highest BCUT2D eigenvalue weighted by Gasteiger charge is 2.14. The number of rotatable bonds is 5. The molecule has 1 N–H and O–H groups in total. The van der Waals surface area contributed by atoms with Crippen molar-refractivity contribution in [2.75, 3.05) is 6.54 Å². The lowest BCUT2D eigenvalue weighted by atomic mass is 9.93. The SMILES string of the molecule is CCNC(Cc1ccc(Cl)cc1)c1cccc(C)c1C. The highest BCUT2D eigenvalue weighted by Crippen LogP contribution is 2.24. The van der Waals surface area contributed by atoms with Crippen LogP contribution in [0.2, 0.25) is 5.02 Å². The normalized spacial score (nSPS) is 12.4. The molecular formula is C18H22ClN. The van der Waals surface area contributed by atoms with E-state index in [-0.39, 0.29) is 0 Å². The van der Waals surface area contributed by atoms with Gasteiger partial charge < -0.3 is 5.32 Å². The minimum Gasteiger partial charge on any atom is -0.310 e. The zero-order valence-electron chi connectivity index (χ0n) is 12.4. The molecule has 106 valence electrons. The number of nitrogens with one attached hydrogen (secondary N) is 1. The van der Waals surface area contributed by atoms with E-state index in [1.807, 2.05) is 12.1 Å². The first-order valence-electron chi connectivity index (χ1n) is 7.15. The van der Waals surface area contributed by atoms with Crippen molar-refractivity contribution < 1.29 is 0 Å². The molecule has 0 radical (unpaired) electrons. The fourth-order valence-electron chi connectivity index (χ4n) is 2.55. The van der Waals surface area contributed by atoms with Crippen LogP contribution < -0.4 is 5.32 Å². The van der Waals surface area contributed by atoms with Crippen molar-refractivity contribution >= 4 is 11.6 Å². The summed E-state index contributed by atoms with van der Waals surface area (Å²) in [6, 6.07) is 15.0. The average Bonchev–Trinajstić information content (AvgIpc) is 2.44. The predicted octanol–water partition coefficient (Wildman–Crippen LogP) is 4.85. The standard InChI is InChI=1S/C18H22ClN/c1-4-20-18(12-15-8-10-16(19)11-9-15)17-7-5-6-13(2)14(17)3/h5-11,18,20H,4,12H2,1-3H3. The van der Waals surface area contributed by atoms with E-state index in [1.165, 1.54) is 22.3 Å². The summed E-state index contributed by atoms with van der Waals surface area (Å²) in [5.41, 5.74) is 5.43. The van der Waals surface area contributed by atoms with E-state index in [0.29, 0.717) is 6.04 Å². The van der Waals surface area contributed by atoms with Gasteiger partial charge in [-0.3, -0.25) is 0 Å². The minimum absolute atomic E-state index is 0.348. The van der Waals surface area contributed by atoms with Gasteiger partial charge in [0.1, 0.15) is 0 Å². The molecule has 2 heteroatoms. The predicted molar refractivity (Wildman–Crippen MR) is 87.5 cm³/mol. The van der Waals surface area contributed by atoms with Gasteiger partial charge in [-0.15, -0.1) is 0 Å². The number of aryl methyl sites for hydroxylation is 1. The fourth-order valence-corrected chi connectivity index (χ4v) is 2.67. The van der Waals surface area contributed by atoms with Crippen molar-refractivity contribution in [3.05, 3.63) is 69.7 Å². The zero-order valence-corrected chi connectivity index (χ0v) is 13.2. The molecule has 0 aliphatic carbocycles. The summed E-state index contributed by atoms with van der Waals surface area (Å²) in [7, 11) is 0. The van der Waals surface area contributed by atoms with Gasteiger partial charge >= 0.3 is 0 Å². The van der Waals surface area contributed by atoms with Crippen molar-refractivity contribution in [3.8, 4) is 0 Å². The molecule has 1 atom stereocenters. The van der Waals surface area contributed by atoms with E-state index in [1.54, 1.807) is 0 Å². The highest BCUT2D eigenvalue weighted by molar-refractivity contribution is 6.30. The van der Waals surface area contributed by atoms with Crippen LogP contribution in [-0.2, 0) is 6.42 Å². The Hall–Kier alpha value is -1.31. The van der Waals surface area contributed by atoms with E-state index in [9.17, 15) is 0 Å². The monoisotopic (exact) mass is 287 g/mol. The maximum atomic E-state index is 5.96. The Morgan fingerprint density at radius 3 is 2.40 bits per heavy atom. The van der Waals surface area contributed by atoms with Crippen molar-refractivity contribution in [1.82, 2.24) is 5.32 Å². The summed E-state index contributed by atoms with van der Waals surface area (Å²) in [5, 5.41) is 4.39. The molecule has 1 nitrogen and oxygen atoms in total. The van der Waals surface area contributed by atoms with Crippen LogP contribution in [0.15, 0.2) is 42.5 Å². The van der Waals surface area contributed by atoms with Crippen molar-refractivity contribution in [3.63, 3.8) is 0 Å². The second kappa shape index (κ2) is 6.92. The number of likely N-dealkylation sites (N-methyl/N-ethyl adjacent to an activating group) is 1. The molecule has 0 heterocycles. The van der Waals surface area contributed by atoms with Gasteiger partial charge in [-0.05, 0) is 61.2 Å².